The van der Waals surface area contributed by atoms with Gasteiger partial charge in [-0.15, -0.1) is 0 Å². The van der Waals surface area contributed by atoms with E-state index in [2.05, 4.69) is 21.2 Å². The molecule has 8 nitrogen and oxygen atoms in total. The Kier molecular flexibility index (Phi) is 6.90. The number of amides is 1. The van der Waals surface area contributed by atoms with E-state index in [0.717, 1.165) is 23.0 Å². The van der Waals surface area contributed by atoms with Crippen molar-refractivity contribution in [2.75, 3.05) is 33.4 Å². The van der Waals surface area contributed by atoms with Crippen LogP contribution in [0.15, 0.2) is 67.0 Å². The maximum atomic E-state index is 13.5. The zero-order valence-electron chi connectivity index (χ0n) is 19.6. The lowest BCUT2D eigenvalue weighted by atomic mass is 9.97. The first-order valence-electron chi connectivity index (χ1n) is 11.7. The number of carbonyl (C=O) groups excluding carboxylic acids is 1. The lowest BCUT2D eigenvalue weighted by Crippen LogP contribution is -2.36. The summed E-state index contributed by atoms with van der Waals surface area (Å²) < 4.78 is 17.3. The fraction of sp³-hybridized carbons (Fsp3) is 0.296. The number of hydrogen-bond acceptors (Lipinski definition) is 6. The second-order valence-corrected chi connectivity index (χ2v) is 8.62. The number of rotatable bonds is 7. The molecule has 0 saturated carbocycles. The number of pyridine rings is 1. The lowest BCUT2D eigenvalue weighted by Gasteiger charge is -2.24. The molecule has 0 radical (unpaired) electrons. The first-order valence-corrected chi connectivity index (χ1v) is 11.7. The molecule has 1 N–H and O–H groups in total. The molecule has 0 unspecified atom stereocenters. The summed E-state index contributed by atoms with van der Waals surface area (Å²) in [5, 5.41) is 8.30. The van der Waals surface area contributed by atoms with Gasteiger partial charge in [-0.3, -0.25) is 14.9 Å². The number of aromatic nitrogens is 3. The van der Waals surface area contributed by atoms with Gasteiger partial charge < -0.3 is 19.1 Å². The summed E-state index contributed by atoms with van der Waals surface area (Å²) in [6.45, 7) is 2.56. The highest BCUT2D eigenvalue weighted by molar-refractivity contribution is 5.95. The monoisotopic (exact) mass is 472 g/mol. The number of hydrogen-bond donors (Lipinski definition) is 1. The molecule has 180 valence electrons. The summed E-state index contributed by atoms with van der Waals surface area (Å²) in [6.07, 6.45) is 4.39. The highest BCUT2D eigenvalue weighted by atomic mass is 16.5. The molecule has 1 amide bonds. The van der Waals surface area contributed by atoms with E-state index in [1.807, 2.05) is 41.4 Å². The summed E-state index contributed by atoms with van der Waals surface area (Å²) in [4.78, 5) is 19.7. The lowest BCUT2D eigenvalue weighted by molar-refractivity contribution is 0.0736. The van der Waals surface area contributed by atoms with Gasteiger partial charge in [0, 0.05) is 36.2 Å². The molecule has 4 aromatic rings. The number of nitrogens with one attached hydrogen (secondary N) is 1. The van der Waals surface area contributed by atoms with Crippen molar-refractivity contribution in [1.29, 1.82) is 0 Å². The number of H-pyrrole nitrogens is 1. The third-order valence-electron chi connectivity index (χ3n) is 6.22. The van der Waals surface area contributed by atoms with Crippen molar-refractivity contribution in [2.24, 2.45) is 5.92 Å². The summed E-state index contributed by atoms with van der Waals surface area (Å²) in [5.41, 5.74) is 3.57. The maximum absolute atomic E-state index is 13.5. The Morgan fingerprint density at radius 1 is 1.17 bits per heavy atom. The molecule has 0 bridgehead atoms. The van der Waals surface area contributed by atoms with Crippen LogP contribution in [0.25, 0.3) is 10.9 Å². The second kappa shape index (κ2) is 10.6. The second-order valence-electron chi connectivity index (χ2n) is 8.62. The number of aromatic amines is 1. The molecule has 1 saturated heterocycles. The van der Waals surface area contributed by atoms with Gasteiger partial charge in [-0.25, -0.2) is 0 Å². The van der Waals surface area contributed by atoms with Gasteiger partial charge in [0.1, 0.15) is 6.61 Å². The van der Waals surface area contributed by atoms with Gasteiger partial charge in [-0.2, -0.15) is 5.10 Å². The van der Waals surface area contributed by atoms with Crippen LogP contribution in [-0.2, 0) is 17.8 Å². The fourth-order valence-corrected chi connectivity index (χ4v) is 4.45. The Bertz CT molecular complexity index is 1290. The van der Waals surface area contributed by atoms with Gasteiger partial charge >= 0.3 is 0 Å². The summed E-state index contributed by atoms with van der Waals surface area (Å²) in [7, 11) is 1.59. The summed E-state index contributed by atoms with van der Waals surface area (Å²) in [6, 6.07) is 17.1. The number of fused-ring (bicyclic) bond motifs is 1. The number of nitrogens with zero attached hydrogens (tertiary/aromatic N) is 3. The third kappa shape index (κ3) is 5.27. The van der Waals surface area contributed by atoms with Crippen molar-refractivity contribution in [3.05, 3.63) is 83.8 Å². The molecular formula is C27H28N4O4. The number of ether oxygens (including phenoxy) is 3. The minimum atomic E-state index is -0.0487. The third-order valence-corrected chi connectivity index (χ3v) is 6.22. The standard InChI is InChI=1S/C27H28N4O4/c1-33-25-9-8-21(14-26(25)35-18-22-6-2-3-10-28-22)27(32)31-11-12-34-17-19(16-31)13-20-5-4-7-24-23(20)15-29-30-24/h2-10,14-15,19H,11-13,16-18H2,1H3,(H,29,30)/t19-/m0/s1. The summed E-state index contributed by atoms with van der Waals surface area (Å²) in [5.74, 6) is 1.22. The van der Waals surface area contributed by atoms with Crippen LogP contribution in [0.4, 0.5) is 0 Å². The van der Waals surface area contributed by atoms with E-state index in [9.17, 15) is 4.79 Å². The highest BCUT2D eigenvalue weighted by Crippen LogP contribution is 2.30. The minimum absolute atomic E-state index is 0.0487. The first-order chi connectivity index (χ1) is 17.2. The van der Waals surface area contributed by atoms with Crippen LogP contribution in [-0.4, -0.2) is 59.4 Å². The number of benzene rings is 2. The molecule has 1 aliphatic rings. The van der Waals surface area contributed by atoms with E-state index in [1.165, 1.54) is 5.56 Å². The average Bonchev–Trinajstić information content (AvgIpc) is 3.27. The van der Waals surface area contributed by atoms with Crippen LogP contribution in [0, 0.1) is 5.92 Å². The van der Waals surface area contributed by atoms with Crippen LogP contribution in [0.1, 0.15) is 21.6 Å². The molecule has 2 aromatic carbocycles. The molecule has 2 aromatic heterocycles. The molecule has 35 heavy (non-hydrogen) atoms. The highest BCUT2D eigenvalue weighted by Gasteiger charge is 2.25. The van der Waals surface area contributed by atoms with E-state index >= 15 is 0 Å². The van der Waals surface area contributed by atoms with Gasteiger partial charge in [-0.1, -0.05) is 18.2 Å². The Hall–Kier alpha value is -3.91. The Morgan fingerprint density at radius 2 is 2.11 bits per heavy atom. The maximum Gasteiger partial charge on any atom is 0.254 e. The van der Waals surface area contributed by atoms with Gasteiger partial charge in [-0.05, 0) is 48.4 Å². The van der Waals surface area contributed by atoms with E-state index in [4.69, 9.17) is 14.2 Å². The largest absolute Gasteiger partial charge is 0.493 e. The van der Waals surface area contributed by atoms with Crippen molar-refractivity contribution in [2.45, 2.75) is 13.0 Å². The SMILES string of the molecule is COc1ccc(C(=O)N2CCOC[C@@H](Cc3cccc4[nH]ncc34)C2)cc1OCc1ccccn1. The first kappa shape index (κ1) is 22.9. The molecular weight excluding hydrogens is 444 g/mol. The van der Waals surface area contributed by atoms with Gasteiger partial charge in [0.15, 0.2) is 11.5 Å². The van der Waals surface area contributed by atoms with Crippen molar-refractivity contribution in [3.8, 4) is 11.5 Å². The predicted molar refractivity (Wildman–Crippen MR) is 132 cm³/mol. The molecule has 0 aliphatic carbocycles. The smallest absolute Gasteiger partial charge is 0.254 e. The number of carbonyl (C=O) groups is 1. The van der Waals surface area contributed by atoms with Crippen LogP contribution >= 0.6 is 0 Å². The molecule has 8 heteroatoms. The number of methoxy groups -OCH3 is 1. The van der Waals surface area contributed by atoms with Gasteiger partial charge in [0.25, 0.3) is 5.91 Å². The normalized spacial score (nSPS) is 16.1. The molecule has 1 fully saturated rings. The van der Waals surface area contributed by atoms with Crippen LogP contribution in [0.2, 0.25) is 0 Å². The van der Waals surface area contributed by atoms with Crippen molar-refractivity contribution < 1.29 is 19.0 Å². The fourth-order valence-electron chi connectivity index (χ4n) is 4.45. The zero-order valence-corrected chi connectivity index (χ0v) is 19.6. The molecule has 1 atom stereocenters. The topological polar surface area (TPSA) is 89.6 Å². The van der Waals surface area contributed by atoms with Crippen molar-refractivity contribution >= 4 is 16.8 Å². The van der Waals surface area contributed by atoms with Gasteiger partial charge in [0.2, 0.25) is 0 Å². The predicted octanol–water partition coefficient (Wildman–Crippen LogP) is 3.88. The Labute approximate surface area is 203 Å². The summed E-state index contributed by atoms with van der Waals surface area (Å²) >= 11 is 0. The quantitative estimate of drug-likeness (QED) is 0.439. The Balaban J connectivity index is 1.31. The molecule has 3 heterocycles. The van der Waals surface area contributed by atoms with E-state index in [0.29, 0.717) is 43.4 Å². The van der Waals surface area contributed by atoms with E-state index in [-0.39, 0.29) is 18.4 Å². The van der Waals surface area contributed by atoms with Crippen molar-refractivity contribution in [1.82, 2.24) is 20.1 Å². The molecule has 0 spiro atoms. The minimum Gasteiger partial charge on any atom is -0.493 e. The average molecular weight is 473 g/mol. The molecule has 1 aliphatic heterocycles. The molecule has 5 rings (SSSR count). The van der Waals surface area contributed by atoms with Gasteiger partial charge in [0.05, 0.1) is 37.7 Å². The van der Waals surface area contributed by atoms with E-state index < -0.39 is 0 Å². The van der Waals surface area contributed by atoms with Crippen LogP contribution in [0.3, 0.4) is 0 Å². The van der Waals surface area contributed by atoms with Crippen LogP contribution in [0.5, 0.6) is 11.5 Å². The van der Waals surface area contributed by atoms with Crippen molar-refractivity contribution in [3.63, 3.8) is 0 Å². The van der Waals surface area contributed by atoms with E-state index in [1.54, 1.807) is 31.5 Å². The Morgan fingerprint density at radius 3 is 2.97 bits per heavy atom. The van der Waals surface area contributed by atoms with Crippen LogP contribution < -0.4 is 9.47 Å². The zero-order chi connectivity index (χ0) is 24.0.